The molecule has 0 unspecified atom stereocenters. The van der Waals surface area contributed by atoms with Gasteiger partial charge in [-0.25, -0.2) is 4.98 Å². The molecule has 0 aliphatic carbocycles. The van der Waals surface area contributed by atoms with E-state index < -0.39 is 0 Å². The fourth-order valence-electron chi connectivity index (χ4n) is 2.38. The van der Waals surface area contributed by atoms with Gasteiger partial charge in [0.25, 0.3) is 0 Å². The molecule has 0 bridgehead atoms. The standard InChI is InChI=1S/C19H22N6/c1-14-11-18(21-13-15-5-4-10-20-12-15)24-19(22-14)23-16-6-8-17(9-7-16)25(2)3/h4-12H,13H2,1-3H3,(H2,21,22,23,24). The summed E-state index contributed by atoms with van der Waals surface area (Å²) in [6, 6.07) is 14.0. The third kappa shape index (κ3) is 4.67. The normalized spacial score (nSPS) is 10.4. The Balaban J connectivity index is 1.70. The Morgan fingerprint density at radius 2 is 1.84 bits per heavy atom. The molecule has 2 heterocycles. The number of aryl methyl sites for hydroxylation is 1. The summed E-state index contributed by atoms with van der Waals surface area (Å²) in [6.07, 6.45) is 3.61. The molecule has 6 nitrogen and oxygen atoms in total. The molecule has 0 atom stereocenters. The molecular weight excluding hydrogens is 312 g/mol. The first kappa shape index (κ1) is 16.7. The largest absolute Gasteiger partial charge is 0.378 e. The molecule has 128 valence electrons. The second kappa shape index (κ2) is 7.61. The number of hydrogen-bond acceptors (Lipinski definition) is 6. The Morgan fingerprint density at radius 1 is 1.04 bits per heavy atom. The summed E-state index contributed by atoms with van der Waals surface area (Å²) in [7, 11) is 4.04. The van der Waals surface area contributed by atoms with Gasteiger partial charge in [0.15, 0.2) is 0 Å². The van der Waals surface area contributed by atoms with Crippen LogP contribution in [0.5, 0.6) is 0 Å². The van der Waals surface area contributed by atoms with Gasteiger partial charge in [-0.05, 0) is 42.8 Å². The number of aromatic nitrogens is 3. The molecule has 1 aromatic carbocycles. The van der Waals surface area contributed by atoms with Crippen molar-refractivity contribution in [2.45, 2.75) is 13.5 Å². The first-order valence-electron chi connectivity index (χ1n) is 8.13. The van der Waals surface area contributed by atoms with Crippen molar-refractivity contribution in [3.05, 3.63) is 66.1 Å². The van der Waals surface area contributed by atoms with Crippen LogP contribution in [0, 0.1) is 6.92 Å². The van der Waals surface area contributed by atoms with E-state index in [0.29, 0.717) is 12.5 Å². The summed E-state index contributed by atoms with van der Waals surface area (Å²) in [5.74, 6) is 1.36. The highest BCUT2D eigenvalue weighted by Crippen LogP contribution is 2.19. The minimum atomic E-state index is 0.575. The Morgan fingerprint density at radius 3 is 2.52 bits per heavy atom. The molecule has 6 heteroatoms. The molecule has 25 heavy (non-hydrogen) atoms. The third-order valence-electron chi connectivity index (χ3n) is 3.69. The van der Waals surface area contributed by atoms with Gasteiger partial charge in [-0.2, -0.15) is 4.98 Å². The van der Waals surface area contributed by atoms with Crippen LogP contribution in [-0.2, 0) is 6.54 Å². The second-order valence-corrected chi connectivity index (χ2v) is 6.00. The van der Waals surface area contributed by atoms with Gasteiger partial charge in [0.05, 0.1) is 0 Å². The van der Waals surface area contributed by atoms with E-state index >= 15 is 0 Å². The van der Waals surface area contributed by atoms with Gasteiger partial charge in [0.1, 0.15) is 5.82 Å². The zero-order valence-corrected chi connectivity index (χ0v) is 14.7. The molecule has 0 saturated heterocycles. The van der Waals surface area contributed by atoms with Crippen molar-refractivity contribution in [2.75, 3.05) is 29.6 Å². The van der Waals surface area contributed by atoms with Gasteiger partial charge in [0, 0.05) is 56.2 Å². The highest BCUT2D eigenvalue weighted by Gasteiger charge is 2.04. The number of anilines is 4. The molecule has 2 aromatic heterocycles. The molecule has 2 N–H and O–H groups in total. The summed E-state index contributed by atoms with van der Waals surface area (Å²) in [6.45, 7) is 2.62. The lowest BCUT2D eigenvalue weighted by Crippen LogP contribution is -2.08. The number of pyridine rings is 1. The lowest BCUT2D eigenvalue weighted by atomic mass is 10.2. The summed E-state index contributed by atoms with van der Waals surface area (Å²) >= 11 is 0. The second-order valence-electron chi connectivity index (χ2n) is 6.00. The lowest BCUT2D eigenvalue weighted by molar-refractivity contribution is 1.05. The van der Waals surface area contributed by atoms with Gasteiger partial charge >= 0.3 is 0 Å². The maximum Gasteiger partial charge on any atom is 0.229 e. The van der Waals surface area contributed by atoms with Crippen LogP contribution in [0.4, 0.5) is 23.1 Å². The van der Waals surface area contributed by atoms with E-state index in [-0.39, 0.29) is 0 Å². The van der Waals surface area contributed by atoms with Crippen LogP contribution in [-0.4, -0.2) is 29.0 Å². The zero-order chi connectivity index (χ0) is 17.6. The number of nitrogens with one attached hydrogen (secondary N) is 2. The first-order chi connectivity index (χ1) is 12.1. The first-order valence-corrected chi connectivity index (χ1v) is 8.13. The van der Waals surface area contributed by atoms with Crippen LogP contribution in [0.1, 0.15) is 11.3 Å². The van der Waals surface area contributed by atoms with Crippen molar-refractivity contribution in [2.24, 2.45) is 0 Å². The minimum absolute atomic E-state index is 0.575. The van der Waals surface area contributed by atoms with E-state index in [1.54, 1.807) is 6.20 Å². The molecule has 0 spiro atoms. The van der Waals surface area contributed by atoms with Crippen LogP contribution in [0.3, 0.4) is 0 Å². The Hall–Kier alpha value is -3.15. The van der Waals surface area contributed by atoms with Gasteiger partial charge in [-0.15, -0.1) is 0 Å². The SMILES string of the molecule is Cc1cc(NCc2cccnc2)nc(Nc2ccc(N(C)C)cc2)n1. The quantitative estimate of drug-likeness (QED) is 0.718. The van der Waals surface area contributed by atoms with Crippen molar-refractivity contribution in [1.82, 2.24) is 15.0 Å². The number of rotatable bonds is 6. The van der Waals surface area contributed by atoms with E-state index in [1.807, 2.05) is 57.5 Å². The van der Waals surface area contributed by atoms with Crippen LogP contribution < -0.4 is 15.5 Å². The average molecular weight is 334 g/mol. The summed E-state index contributed by atoms with van der Waals surface area (Å²) in [5, 5.41) is 6.57. The molecule has 0 aliphatic heterocycles. The van der Waals surface area contributed by atoms with E-state index in [9.17, 15) is 0 Å². The lowest BCUT2D eigenvalue weighted by Gasteiger charge is -2.13. The topological polar surface area (TPSA) is 66.0 Å². The smallest absolute Gasteiger partial charge is 0.229 e. The van der Waals surface area contributed by atoms with Crippen molar-refractivity contribution in [1.29, 1.82) is 0 Å². The maximum absolute atomic E-state index is 4.54. The van der Waals surface area contributed by atoms with E-state index in [2.05, 4.69) is 42.6 Å². The van der Waals surface area contributed by atoms with Gasteiger partial charge < -0.3 is 15.5 Å². The Kier molecular flexibility index (Phi) is 5.09. The monoisotopic (exact) mass is 334 g/mol. The number of nitrogens with zero attached hydrogens (tertiary/aromatic N) is 4. The summed E-state index contributed by atoms with van der Waals surface area (Å²) in [4.78, 5) is 15.2. The minimum Gasteiger partial charge on any atom is -0.378 e. The van der Waals surface area contributed by atoms with Crippen LogP contribution in [0.15, 0.2) is 54.9 Å². The fraction of sp³-hybridized carbons (Fsp3) is 0.211. The van der Waals surface area contributed by atoms with Crippen molar-refractivity contribution >= 4 is 23.1 Å². The number of benzene rings is 1. The molecule has 0 amide bonds. The summed E-state index contributed by atoms with van der Waals surface area (Å²) in [5.41, 5.74) is 4.10. The summed E-state index contributed by atoms with van der Waals surface area (Å²) < 4.78 is 0. The molecule has 0 saturated carbocycles. The predicted octanol–water partition coefficient (Wildman–Crippen LogP) is 3.60. The van der Waals surface area contributed by atoms with Crippen LogP contribution in [0.25, 0.3) is 0 Å². The van der Waals surface area contributed by atoms with Crippen LogP contribution in [0.2, 0.25) is 0 Å². The molecule has 0 aliphatic rings. The van der Waals surface area contributed by atoms with Crippen molar-refractivity contribution < 1.29 is 0 Å². The van der Waals surface area contributed by atoms with E-state index in [4.69, 9.17) is 0 Å². The maximum atomic E-state index is 4.54. The predicted molar refractivity (Wildman–Crippen MR) is 102 cm³/mol. The molecular formula is C19H22N6. The highest BCUT2D eigenvalue weighted by molar-refractivity contribution is 5.59. The Bertz CT molecular complexity index is 815. The molecule has 0 fully saturated rings. The van der Waals surface area contributed by atoms with Gasteiger partial charge in [0.2, 0.25) is 5.95 Å². The van der Waals surface area contributed by atoms with Gasteiger partial charge in [-0.3, -0.25) is 4.98 Å². The molecule has 3 aromatic rings. The number of hydrogen-bond donors (Lipinski definition) is 2. The molecule has 3 rings (SSSR count). The van der Waals surface area contributed by atoms with E-state index in [1.165, 1.54) is 0 Å². The molecule has 0 radical (unpaired) electrons. The van der Waals surface area contributed by atoms with Gasteiger partial charge in [-0.1, -0.05) is 6.07 Å². The fourth-order valence-corrected chi connectivity index (χ4v) is 2.38. The van der Waals surface area contributed by atoms with E-state index in [0.717, 1.165) is 28.5 Å². The highest BCUT2D eigenvalue weighted by atomic mass is 15.1. The zero-order valence-electron chi connectivity index (χ0n) is 14.7. The van der Waals surface area contributed by atoms with Crippen molar-refractivity contribution in [3.8, 4) is 0 Å². The average Bonchev–Trinajstić information content (AvgIpc) is 2.61. The van der Waals surface area contributed by atoms with Crippen LogP contribution >= 0.6 is 0 Å². The van der Waals surface area contributed by atoms with Crippen molar-refractivity contribution in [3.63, 3.8) is 0 Å². The Labute approximate surface area is 148 Å². The third-order valence-corrected chi connectivity index (χ3v) is 3.69.